The Morgan fingerprint density at radius 1 is 0.804 bits per heavy atom. The van der Waals surface area contributed by atoms with Crippen LogP contribution in [-0.2, 0) is 0 Å². The second kappa shape index (κ2) is 16.6. The van der Waals surface area contributed by atoms with Crippen LogP contribution >= 0.6 is 59.6 Å². The SMILES string of the molecule is Cc1cc(Cl)ccc1OC(=S)Nc1cccc(B(O)O)c1Cl.OB(O)c1cc(NC(S)Oc2ccc3ccccc3c2)ccc1Cl. The molecule has 15 heteroatoms. The predicted octanol–water partition coefficient (Wildman–Crippen LogP) is 5.63. The number of hydrogen-bond donors (Lipinski definition) is 7. The quantitative estimate of drug-likeness (QED) is 0.0474. The molecule has 0 aliphatic heterocycles. The third-order valence-corrected chi connectivity index (χ3v) is 7.84. The number of nitrogens with one attached hydrogen (secondary N) is 2. The van der Waals surface area contributed by atoms with Gasteiger partial charge in [-0.1, -0.05) is 77.3 Å². The number of benzene rings is 5. The Kier molecular flexibility index (Phi) is 12.9. The van der Waals surface area contributed by atoms with E-state index in [-0.39, 0.29) is 26.1 Å². The van der Waals surface area contributed by atoms with Gasteiger partial charge in [0.15, 0.2) is 0 Å². The van der Waals surface area contributed by atoms with Gasteiger partial charge < -0.3 is 40.2 Å². The standard InChI is InChI=1S/C17H15BClNO3S.C14H12BCl2NO3S/c19-16-8-6-13(10-15(16)18(21)22)20-17(24)23-14-7-5-11-3-1-2-4-12(11)9-14;1-8-7-9(16)5-6-12(8)21-14(22)18-11-4-2-3-10(13(11)17)15(19)20/h1-10,17,20-22,24H;2-7,19-20H,1H3,(H,18,22). The first-order chi connectivity index (χ1) is 21.9. The molecule has 0 fully saturated rings. The summed E-state index contributed by atoms with van der Waals surface area (Å²) >= 11 is 27.4. The summed E-state index contributed by atoms with van der Waals surface area (Å²) in [6.45, 7) is 1.85. The first-order valence-corrected chi connectivity index (χ1v) is 15.6. The molecule has 0 saturated carbocycles. The van der Waals surface area contributed by atoms with Crippen LogP contribution in [0.4, 0.5) is 11.4 Å². The lowest BCUT2D eigenvalue weighted by molar-refractivity contribution is 0.317. The van der Waals surface area contributed by atoms with Gasteiger partial charge in [-0.05, 0) is 90.1 Å². The number of halogens is 3. The second-order valence-corrected chi connectivity index (χ2v) is 11.8. The summed E-state index contributed by atoms with van der Waals surface area (Å²) in [4.78, 5) is 0. The highest BCUT2D eigenvalue weighted by Crippen LogP contribution is 2.25. The van der Waals surface area contributed by atoms with Crippen LogP contribution in [0.5, 0.6) is 11.5 Å². The molecule has 0 aliphatic rings. The number of thiol groups is 1. The summed E-state index contributed by atoms with van der Waals surface area (Å²) in [5, 5.41) is 46.2. The Balaban J connectivity index is 0.000000210. The number of fused-ring (bicyclic) bond motifs is 1. The summed E-state index contributed by atoms with van der Waals surface area (Å²) in [5.41, 5.74) is 1.65. The summed E-state index contributed by atoms with van der Waals surface area (Å²) in [7, 11) is -3.30. The van der Waals surface area contributed by atoms with Gasteiger partial charge in [0.1, 0.15) is 11.5 Å². The van der Waals surface area contributed by atoms with Crippen LogP contribution in [-0.4, -0.2) is 45.1 Å². The molecule has 1 unspecified atom stereocenters. The van der Waals surface area contributed by atoms with Crippen molar-refractivity contribution in [3.05, 3.63) is 118 Å². The van der Waals surface area contributed by atoms with Gasteiger partial charge in [-0.25, -0.2) is 0 Å². The van der Waals surface area contributed by atoms with Gasteiger partial charge in [0.2, 0.25) is 5.56 Å². The minimum Gasteiger partial charge on any atom is -0.462 e. The third-order valence-electron chi connectivity index (χ3n) is 6.42. The van der Waals surface area contributed by atoms with Crippen molar-refractivity contribution >= 4 is 112 Å². The topological polar surface area (TPSA) is 123 Å². The van der Waals surface area contributed by atoms with E-state index in [0.29, 0.717) is 27.9 Å². The van der Waals surface area contributed by atoms with Crippen molar-refractivity contribution < 1.29 is 29.6 Å². The van der Waals surface area contributed by atoms with E-state index in [4.69, 9.17) is 56.5 Å². The van der Waals surface area contributed by atoms with E-state index in [9.17, 15) is 20.1 Å². The fourth-order valence-electron chi connectivity index (χ4n) is 4.18. The number of aryl methyl sites for hydroxylation is 1. The minimum absolute atomic E-state index is 0.0805. The zero-order chi connectivity index (χ0) is 33.4. The molecule has 0 aliphatic carbocycles. The van der Waals surface area contributed by atoms with Crippen LogP contribution < -0.4 is 31.0 Å². The van der Waals surface area contributed by atoms with E-state index in [1.54, 1.807) is 48.5 Å². The van der Waals surface area contributed by atoms with Gasteiger partial charge in [-0.3, -0.25) is 0 Å². The molecule has 0 amide bonds. The fraction of sp³-hybridized carbons (Fsp3) is 0.0645. The average molecular weight is 716 g/mol. The first-order valence-electron chi connectivity index (χ1n) is 13.6. The highest BCUT2D eigenvalue weighted by atomic mass is 35.5. The highest BCUT2D eigenvalue weighted by molar-refractivity contribution is 7.80. The second-order valence-electron chi connectivity index (χ2n) is 9.74. The van der Waals surface area contributed by atoms with Gasteiger partial charge in [0.25, 0.3) is 5.17 Å². The van der Waals surface area contributed by atoms with Crippen LogP contribution in [0.15, 0.2) is 97.1 Å². The van der Waals surface area contributed by atoms with E-state index in [1.807, 2.05) is 49.4 Å². The van der Waals surface area contributed by atoms with Gasteiger partial charge in [-0.2, -0.15) is 0 Å². The van der Waals surface area contributed by atoms with Crippen LogP contribution in [0.3, 0.4) is 0 Å². The summed E-state index contributed by atoms with van der Waals surface area (Å²) in [5.74, 6) is 1.24. The molecule has 0 spiro atoms. The molecule has 1 atom stereocenters. The molecule has 5 aromatic carbocycles. The third kappa shape index (κ3) is 9.92. The molecule has 0 saturated heterocycles. The minimum atomic E-state index is -1.66. The number of rotatable bonds is 8. The summed E-state index contributed by atoms with van der Waals surface area (Å²) in [6, 6.07) is 28.6. The van der Waals surface area contributed by atoms with Gasteiger partial charge in [-0.15, -0.1) is 12.6 Å². The fourth-order valence-corrected chi connectivity index (χ4v) is 5.36. The molecule has 0 radical (unpaired) electrons. The summed E-state index contributed by atoms with van der Waals surface area (Å²) < 4.78 is 11.3. The van der Waals surface area contributed by atoms with Crippen molar-refractivity contribution in [3.63, 3.8) is 0 Å². The van der Waals surface area contributed by atoms with E-state index in [0.717, 1.165) is 16.3 Å². The molecular weight excluding hydrogens is 688 g/mol. The van der Waals surface area contributed by atoms with Crippen molar-refractivity contribution in [1.82, 2.24) is 0 Å². The van der Waals surface area contributed by atoms with Crippen LogP contribution in [0.2, 0.25) is 15.1 Å². The lowest BCUT2D eigenvalue weighted by Crippen LogP contribution is -2.31. The number of hydrogen-bond acceptors (Lipinski definition) is 9. The maximum atomic E-state index is 9.29. The molecule has 236 valence electrons. The Morgan fingerprint density at radius 3 is 2.22 bits per heavy atom. The largest absolute Gasteiger partial charge is 0.490 e. The van der Waals surface area contributed by atoms with Crippen LogP contribution in [0.25, 0.3) is 10.8 Å². The zero-order valence-electron chi connectivity index (χ0n) is 24.1. The smallest absolute Gasteiger partial charge is 0.462 e. The normalized spacial score (nSPS) is 11.2. The predicted molar refractivity (Wildman–Crippen MR) is 197 cm³/mol. The molecule has 5 rings (SSSR count). The molecule has 0 bridgehead atoms. The van der Waals surface area contributed by atoms with E-state index >= 15 is 0 Å². The monoisotopic (exact) mass is 714 g/mol. The van der Waals surface area contributed by atoms with Gasteiger partial charge >= 0.3 is 14.2 Å². The number of anilines is 2. The van der Waals surface area contributed by atoms with E-state index in [1.165, 1.54) is 6.07 Å². The number of ether oxygens (including phenoxy) is 2. The molecule has 6 N–H and O–H groups in total. The molecule has 5 aromatic rings. The number of thiocarbonyl (C=S) groups is 1. The average Bonchev–Trinajstić information content (AvgIpc) is 3.00. The van der Waals surface area contributed by atoms with Crippen molar-refractivity contribution in [2.45, 2.75) is 12.5 Å². The lowest BCUT2D eigenvalue weighted by atomic mass is 9.80. The highest BCUT2D eigenvalue weighted by Gasteiger charge is 2.18. The first kappa shape index (κ1) is 35.7. The van der Waals surface area contributed by atoms with Crippen molar-refractivity contribution in [3.8, 4) is 11.5 Å². The lowest BCUT2D eigenvalue weighted by Gasteiger charge is -2.18. The van der Waals surface area contributed by atoms with E-state index in [2.05, 4.69) is 23.3 Å². The van der Waals surface area contributed by atoms with Crippen molar-refractivity contribution in [2.24, 2.45) is 0 Å². The summed E-state index contributed by atoms with van der Waals surface area (Å²) in [6.07, 6.45) is 0. The van der Waals surface area contributed by atoms with Crippen LogP contribution in [0.1, 0.15) is 5.56 Å². The molecular formula is C31H27B2Cl3N2O6S2. The molecule has 0 aromatic heterocycles. The Labute approximate surface area is 292 Å². The van der Waals surface area contributed by atoms with Crippen LogP contribution in [0, 0.1) is 6.92 Å². The Morgan fingerprint density at radius 2 is 1.52 bits per heavy atom. The Bertz CT molecular complexity index is 1840. The van der Waals surface area contributed by atoms with Crippen molar-refractivity contribution in [1.29, 1.82) is 0 Å². The van der Waals surface area contributed by atoms with Gasteiger partial charge in [0.05, 0.1) is 10.7 Å². The maximum absolute atomic E-state index is 9.29. The molecule has 0 heterocycles. The van der Waals surface area contributed by atoms with E-state index < -0.39 is 19.8 Å². The van der Waals surface area contributed by atoms with Gasteiger partial charge in [0, 0.05) is 26.7 Å². The Hall–Kier alpha value is -3.16. The van der Waals surface area contributed by atoms with Crippen molar-refractivity contribution in [2.75, 3.05) is 10.6 Å². The molecule has 8 nitrogen and oxygen atoms in total. The maximum Gasteiger partial charge on any atom is 0.490 e. The molecule has 46 heavy (non-hydrogen) atoms. The zero-order valence-corrected chi connectivity index (χ0v) is 28.0.